The van der Waals surface area contributed by atoms with Crippen LogP contribution in [0.2, 0.25) is 0 Å². The van der Waals surface area contributed by atoms with Crippen molar-refractivity contribution >= 4 is 0 Å². The molecule has 0 spiro atoms. The highest BCUT2D eigenvalue weighted by molar-refractivity contribution is 5.21. The van der Waals surface area contributed by atoms with E-state index in [2.05, 4.69) is 28.1 Å². The van der Waals surface area contributed by atoms with Gasteiger partial charge in [0.1, 0.15) is 5.82 Å². The van der Waals surface area contributed by atoms with Crippen molar-refractivity contribution < 1.29 is 4.39 Å². The van der Waals surface area contributed by atoms with Crippen molar-refractivity contribution in [2.24, 2.45) is 0 Å². The topological polar surface area (TPSA) is 18.5 Å². The van der Waals surface area contributed by atoms with Crippen LogP contribution in [0.25, 0.3) is 0 Å². The van der Waals surface area contributed by atoms with Crippen LogP contribution in [0.1, 0.15) is 24.9 Å². The Hall–Kier alpha value is -0.970. The summed E-state index contributed by atoms with van der Waals surface area (Å²) in [5.74, 6) is -0.125. The molecule has 1 N–H and O–H groups in total. The Morgan fingerprint density at radius 3 is 2.70 bits per heavy atom. The minimum atomic E-state index is -0.125. The quantitative estimate of drug-likeness (QED) is 0.906. The van der Waals surface area contributed by atoms with E-state index < -0.39 is 0 Å². The van der Waals surface area contributed by atoms with E-state index in [0.717, 1.165) is 51.3 Å². The van der Waals surface area contributed by atoms with E-state index in [9.17, 15) is 4.39 Å². The maximum Gasteiger partial charge on any atom is 0.123 e. The number of rotatable bonds is 4. The lowest BCUT2D eigenvalue weighted by Crippen LogP contribution is -2.63. The normalized spacial score (nSPS) is 23.5. The van der Waals surface area contributed by atoms with E-state index in [1.165, 1.54) is 6.07 Å². The zero-order chi connectivity index (χ0) is 13.9. The van der Waals surface area contributed by atoms with Crippen molar-refractivity contribution in [2.75, 3.05) is 39.3 Å². The molecule has 2 fully saturated rings. The molecule has 0 aromatic heterocycles. The van der Waals surface area contributed by atoms with Crippen molar-refractivity contribution in [3.05, 3.63) is 35.6 Å². The highest BCUT2D eigenvalue weighted by Gasteiger charge is 2.36. The van der Waals surface area contributed by atoms with Gasteiger partial charge in [0.05, 0.1) is 0 Å². The lowest BCUT2D eigenvalue weighted by molar-refractivity contribution is -0.00239. The van der Waals surface area contributed by atoms with Crippen molar-refractivity contribution in [3.63, 3.8) is 0 Å². The van der Waals surface area contributed by atoms with Crippen molar-refractivity contribution in [2.45, 2.75) is 25.4 Å². The van der Waals surface area contributed by atoms with Gasteiger partial charge in [0.15, 0.2) is 0 Å². The number of halogens is 1. The Bertz CT molecular complexity index is 439. The number of nitrogens with zero attached hydrogens (tertiary/aromatic N) is 2. The molecule has 0 bridgehead atoms. The second-order valence-electron chi connectivity index (χ2n) is 5.87. The molecule has 1 unspecified atom stereocenters. The van der Waals surface area contributed by atoms with Gasteiger partial charge in [-0.15, -0.1) is 0 Å². The SMILES string of the molecule is CCC(c1cccc(F)c1)N1CC(N2CCNCC2)C1. The van der Waals surface area contributed by atoms with Gasteiger partial charge in [-0.1, -0.05) is 19.1 Å². The molecular formula is C16H24FN3. The summed E-state index contributed by atoms with van der Waals surface area (Å²) in [7, 11) is 0. The van der Waals surface area contributed by atoms with Gasteiger partial charge >= 0.3 is 0 Å². The minimum Gasteiger partial charge on any atom is -0.314 e. The lowest BCUT2D eigenvalue weighted by atomic mass is 9.96. The van der Waals surface area contributed by atoms with Crippen LogP contribution in [0.15, 0.2) is 24.3 Å². The van der Waals surface area contributed by atoms with Crippen molar-refractivity contribution in [1.82, 2.24) is 15.1 Å². The maximum atomic E-state index is 13.4. The monoisotopic (exact) mass is 277 g/mol. The van der Waals surface area contributed by atoms with Crippen LogP contribution in [0.5, 0.6) is 0 Å². The van der Waals surface area contributed by atoms with Crippen molar-refractivity contribution in [3.8, 4) is 0 Å². The number of nitrogens with one attached hydrogen (secondary N) is 1. The smallest absolute Gasteiger partial charge is 0.123 e. The summed E-state index contributed by atoms with van der Waals surface area (Å²) >= 11 is 0. The summed E-state index contributed by atoms with van der Waals surface area (Å²) in [6.07, 6.45) is 1.04. The van der Waals surface area contributed by atoms with Gasteiger partial charge in [-0.3, -0.25) is 9.80 Å². The lowest BCUT2D eigenvalue weighted by Gasteiger charge is -2.50. The maximum absolute atomic E-state index is 13.4. The van der Waals surface area contributed by atoms with Gasteiger partial charge in [-0.2, -0.15) is 0 Å². The third-order valence-electron chi connectivity index (χ3n) is 4.62. The molecule has 0 aliphatic carbocycles. The highest BCUT2D eigenvalue weighted by Crippen LogP contribution is 2.30. The molecule has 0 saturated carbocycles. The van der Waals surface area contributed by atoms with Crippen molar-refractivity contribution in [1.29, 1.82) is 0 Å². The molecule has 1 aromatic rings. The Morgan fingerprint density at radius 1 is 1.30 bits per heavy atom. The number of likely N-dealkylation sites (tertiary alicyclic amines) is 1. The van der Waals surface area contributed by atoms with E-state index in [1.807, 2.05) is 6.07 Å². The van der Waals surface area contributed by atoms with E-state index in [0.29, 0.717) is 12.1 Å². The zero-order valence-electron chi connectivity index (χ0n) is 12.2. The Labute approximate surface area is 120 Å². The minimum absolute atomic E-state index is 0.125. The number of hydrogen-bond acceptors (Lipinski definition) is 3. The fourth-order valence-corrected chi connectivity index (χ4v) is 3.44. The fourth-order valence-electron chi connectivity index (χ4n) is 3.44. The molecule has 0 amide bonds. The Morgan fingerprint density at radius 2 is 2.05 bits per heavy atom. The first-order valence-electron chi connectivity index (χ1n) is 7.72. The molecule has 0 radical (unpaired) electrons. The third-order valence-corrected chi connectivity index (χ3v) is 4.62. The number of hydrogen-bond donors (Lipinski definition) is 1. The summed E-state index contributed by atoms with van der Waals surface area (Å²) in [6.45, 7) is 8.97. The predicted molar refractivity (Wildman–Crippen MR) is 79.2 cm³/mol. The second kappa shape index (κ2) is 6.20. The first-order chi connectivity index (χ1) is 9.78. The molecule has 20 heavy (non-hydrogen) atoms. The fraction of sp³-hybridized carbons (Fsp3) is 0.625. The van der Waals surface area contributed by atoms with Gasteiger partial charge in [0.25, 0.3) is 0 Å². The van der Waals surface area contributed by atoms with E-state index in [1.54, 1.807) is 6.07 Å². The first kappa shape index (κ1) is 14.0. The zero-order valence-corrected chi connectivity index (χ0v) is 12.2. The third kappa shape index (κ3) is 2.87. The molecule has 2 heterocycles. The Balaban J connectivity index is 1.59. The molecule has 110 valence electrons. The van der Waals surface area contributed by atoms with Gasteiger partial charge in [-0.05, 0) is 24.1 Å². The van der Waals surface area contributed by atoms with E-state index in [-0.39, 0.29) is 5.82 Å². The molecule has 3 nitrogen and oxygen atoms in total. The second-order valence-corrected chi connectivity index (χ2v) is 5.87. The molecule has 1 atom stereocenters. The van der Waals surface area contributed by atoms with Crippen LogP contribution in [-0.2, 0) is 0 Å². The molecule has 2 saturated heterocycles. The molecule has 1 aromatic carbocycles. The van der Waals surface area contributed by atoms with Crippen LogP contribution < -0.4 is 5.32 Å². The predicted octanol–water partition coefficient (Wildman–Crippen LogP) is 1.87. The van der Waals surface area contributed by atoms with Crippen LogP contribution in [0.4, 0.5) is 4.39 Å². The standard InChI is InChI=1S/C16H24FN3/c1-2-16(13-4-3-5-14(17)10-13)20-11-15(12-20)19-8-6-18-7-9-19/h3-5,10,15-16,18H,2,6-9,11-12H2,1H3. The van der Waals surface area contributed by atoms with Crippen LogP contribution in [0.3, 0.4) is 0 Å². The van der Waals surface area contributed by atoms with E-state index >= 15 is 0 Å². The largest absolute Gasteiger partial charge is 0.314 e. The van der Waals surface area contributed by atoms with Gasteiger partial charge in [-0.25, -0.2) is 4.39 Å². The number of piperazine rings is 1. The average molecular weight is 277 g/mol. The van der Waals surface area contributed by atoms with Gasteiger partial charge < -0.3 is 5.32 Å². The molecular weight excluding hydrogens is 253 g/mol. The van der Waals surface area contributed by atoms with Crippen LogP contribution in [0, 0.1) is 5.82 Å². The molecule has 2 aliphatic rings. The average Bonchev–Trinajstić information content (AvgIpc) is 2.43. The first-order valence-corrected chi connectivity index (χ1v) is 7.72. The highest BCUT2D eigenvalue weighted by atomic mass is 19.1. The number of benzene rings is 1. The van der Waals surface area contributed by atoms with Gasteiger partial charge in [0.2, 0.25) is 0 Å². The summed E-state index contributed by atoms with van der Waals surface area (Å²) in [4.78, 5) is 5.08. The summed E-state index contributed by atoms with van der Waals surface area (Å²) in [5, 5.41) is 3.40. The summed E-state index contributed by atoms with van der Waals surface area (Å²) in [6, 6.07) is 8.14. The van der Waals surface area contributed by atoms with E-state index in [4.69, 9.17) is 0 Å². The molecule has 4 heteroatoms. The van der Waals surface area contributed by atoms with Gasteiger partial charge in [0, 0.05) is 51.4 Å². The summed E-state index contributed by atoms with van der Waals surface area (Å²) in [5.41, 5.74) is 1.12. The Kier molecular flexibility index (Phi) is 4.34. The molecule has 3 rings (SSSR count). The summed E-state index contributed by atoms with van der Waals surface area (Å²) < 4.78 is 13.4. The molecule has 2 aliphatic heterocycles. The van der Waals surface area contributed by atoms with Crippen LogP contribution in [-0.4, -0.2) is 55.1 Å². The van der Waals surface area contributed by atoms with Crippen LogP contribution >= 0.6 is 0 Å².